The van der Waals surface area contributed by atoms with E-state index in [9.17, 15) is 19.6 Å². The fourth-order valence-electron chi connectivity index (χ4n) is 1.22. The Hall–Kier alpha value is -1.53. The van der Waals surface area contributed by atoms with E-state index < -0.39 is 22.9 Å². The lowest BCUT2D eigenvalue weighted by atomic mass is 10.0. The molecule has 0 heterocycles. The lowest BCUT2D eigenvalue weighted by Crippen LogP contribution is -2.24. The first-order chi connectivity index (χ1) is 6.93. The van der Waals surface area contributed by atoms with Crippen molar-refractivity contribution in [3.63, 3.8) is 0 Å². The first-order valence-electron chi connectivity index (χ1n) is 4.31. The third kappa shape index (κ3) is 2.48. The SMILES string of the molecule is C[C@H](O)[C@H](N)c1cc(F)ccc1[N+](=O)[O-]. The summed E-state index contributed by atoms with van der Waals surface area (Å²) in [6, 6.07) is 2.01. The van der Waals surface area contributed by atoms with Crippen LogP contribution in [0.15, 0.2) is 18.2 Å². The number of nitrogens with zero attached hydrogens (tertiary/aromatic N) is 1. The normalized spacial score (nSPS) is 14.7. The molecule has 0 aliphatic carbocycles. The quantitative estimate of drug-likeness (QED) is 0.582. The van der Waals surface area contributed by atoms with Crippen molar-refractivity contribution in [3.8, 4) is 0 Å². The molecule has 6 heteroatoms. The van der Waals surface area contributed by atoms with Crippen LogP contribution in [-0.2, 0) is 0 Å². The second kappa shape index (κ2) is 4.33. The highest BCUT2D eigenvalue weighted by molar-refractivity contribution is 5.42. The van der Waals surface area contributed by atoms with Gasteiger partial charge in [-0.25, -0.2) is 4.39 Å². The van der Waals surface area contributed by atoms with E-state index in [-0.39, 0.29) is 11.3 Å². The maximum atomic E-state index is 12.9. The molecular weight excluding hydrogens is 203 g/mol. The Morgan fingerprint density at radius 3 is 2.67 bits per heavy atom. The molecule has 5 nitrogen and oxygen atoms in total. The Morgan fingerprint density at radius 1 is 1.60 bits per heavy atom. The molecule has 0 aromatic heterocycles. The van der Waals surface area contributed by atoms with Crippen molar-refractivity contribution < 1.29 is 14.4 Å². The number of rotatable bonds is 3. The topological polar surface area (TPSA) is 89.4 Å². The second-order valence-electron chi connectivity index (χ2n) is 3.23. The molecule has 0 radical (unpaired) electrons. The van der Waals surface area contributed by atoms with E-state index >= 15 is 0 Å². The molecule has 0 aliphatic heterocycles. The van der Waals surface area contributed by atoms with E-state index in [1.165, 1.54) is 6.92 Å². The Morgan fingerprint density at radius 2 is 2.20 bits per heavy atom. The van der Waals surface area contributed by atoms with Gasteiger partial charge in [0.1, 0.15) is 5.82 Å². The van der Waals surface area contributed by atoms with Crippen molar-refractivity contribution in [1.82, 2.24) is 0 Å². The monoisotopic (exact) mass is 214 g/mol. The number of benzene rings is 1. The van der Waals surface area contributed by atoms with Crippen molar-refractivity contribution in [1.29, 1.82) is 0 Å². The van der Waals surface area contributed by atoms with Crippen LogP contribution in [0.3, 0.4) is 0 Å². The van der Waals surface area contributed by atoms with Gasteiger partial charge in [0.25, 0.3) is 5.69 Å². The van der Waals surface area contributed by atoms with Gasteiger partial charge < -0.3 is 10.8 Å². The molecule has 0 saturated heterocycles. The van der Waals surface area contributed by atoms with Crippen LogP contribution in [-0.4, -0.2) is 16.1 Å². The Labute approximate surface area is 85.5 Å². The molecule has 0 saturated carbocycles. The van der Waals surface area contributed by atoms with Crippen LogP contribution < -0.4 is 5.73 Å². The molecule has 2 atom stereocenters. The maximum Gasteiger partial charge on any atom is 0.274 e. The van der Waals surface area contributed by atoms with Gasteiger partial charge in [-0.15, -0.1) is 0 Å². The van der Waals surface area contributed by atoms with Crippen LogP contribution in [0.5, 0.6) is 0 Å². The summed E-state index contributed by atoms with van der Waals surface area (Å²) >= 11 is 0. The number of aliphatic hydroxyl groups is 1. The highest BCUT2D eigenvalue weighted by Gasteiger charge is 2.23. The van der Waals surface area contributed by atoms with Gasteiger partial charge in [0.2, 0.25) is 0 Å². The molecule has 15 heavy (non-hydrogen) atoms. The number of hydrogen-bond donors (Lipinski definition) is 2. The average molecular weight is 214 g/mol. The molecule has 1 rings (SSSR count). The summed E-state index contributed by atoms with van der Waals surface area (Å²) in [6.45, 7) is 1.39. The Bertz CT molecular complexity index is 382. The summed E-state index contributed by atoms with van der Waals surface area (Å²) in [5.74, 6) is -0.619. The van der Waals surface area contributed by atoms with Crippen LogP contribution in [0, 0.1) is 15.9 Å². The summed E-state index contributed by atoms with van der Waals surface area (Å²) in [7, 11) is 0. The van der Waals surface area contributed by atoms with E-state index in [0.29, 0.717) is 0 Å². The largest absolute Gasteiger partial charge is 0.391 e. The van der Waals surface area contributed by atoms with Crippen LogP contribution in [0.25, 0.3) is 0 Å². The molecule has 1 aromatic carbocycles. The average Bonchev–Trinajstić information content (AvgIpc) is 2.15. The molecule has 0 spiro atoms. The number of aliphatic hydroxyl groups excluding tert-OH is 1. The zero-order chi connectivity index (χ0) is 11.6. The lowest BCUT2D eigenvalue weighted by molar-refractivity contribution is -0.385. The predicted octanol–water partition coefficient (Wildman–Crippen LogP) is 1.11. The molecule has 3 N–H and O–H groups in total. The fourth-order valence-corrected chi connectivity index (χ4v) is 1.22. The summed E-state index contributed by atoms with van der Waals surface area (Å²) < 4.78 is 12.9. The van der Waals surface area contributed by atoms with Crippen LogP contribution in [0.4, 0.5) is 10.1 Å². The van der Waals surface area contributed by atoms with Gasteiger partial charge in [-0.3, -0.25) is 10.1 Å². The van der Waals surface area contributed by atoms with E-state index in [4.69, 9.17) is 5.73 Å². The summed E-state index contributed by atoms with van der Waals surface area (Å²) in [4.78, 5) is 9.95. The Kier molecular flexibility index (Phi) is 3.33. The van der Waals surface area contributed by atoms with Gasteiger partial charge in [-0.2, -0.15) is 0 Å². The molecule has 0 aliphatic rings. The third-order valence-corrected chi connectivity index (χ3v) is 2.07. The zero-order valence-corrected chi connectivity index (χ0v) is 8.05. The van der Waals surface area contributed by atoms with Gasteiger partial charge in [-0.1, -0.05) is 0 Å². The van der Waals surface area contributed by atoms with Crippen molar-refractivity contribution >= 4 is 5.69 Å². The molecular formula is C9H11FN2O3. The number of nitrogens with two attached hydrogens (primary N) is 1. The molecule has 82 valence electrons. The van der Waals surface area contributed by atoms with Crippen LogP contribution in [0.1, 0.15) is 18.5 Å². The molecule has 0 fully saturated rings. The van der Waals surface area contributed by atoms with Crippen LogP contribution in [0.2, 0.25) is 0 Å². The fraction of sp³-hybridized carbons (Fsp3) is 0.333. The first-order valence-corrected chi connectivity index (χ1v) is 4.31. The summed E-state index contributed by atoms with van der Waals surface area (Å²) in [5, 5.41) is 19.8. The Balaban J connectivity index is 3.24. The van der Waals surface area contributed by atoms with Crippen molar-refractivity contribution in [2.75, 3.05) is 0 Å². The van der Waals surface area contributed by atoms with Gasteiger partial charge >= 0.3 is 0 Å². The highest BCUT2D eigenvalue weighted by atomic mass is 19.1. The molecule has 0 bridgehead atoms. The molecule has 1 aromatic rings. The van der Waals surface area contributed by atoms with Gasteiger partial charge in [0.05, 0.1) is 22.6 Å². The third-order valence-electron chi connectivity index (χ3n) is 2.07. The van der Waals surface area contributed by atoms with E-state index in [1.807, 2.05) is 0 Å². The van der Waals surface area contributed by atoms with Gasteiger partial charge in [-0.05, 0) is 19.1 Å². The van der Waals surface area contributed by atoms with E-state index in [1.54, 1.807) is 0 Å². The minimum Gasteiger partial charge on any atom is -0.391 e. The maximum absolute atomic E-state index is 12.9. The smallest absolute Gasteiger partial charge is 0.274 e. The minimum absolute atomic E-state index is 0.00463. The van der Waals surface area contributed by atoms with E-state index in [0.717, 1.165) is 18.2 Å². The van der Waals surface area contributed by atoms with Gasteiger partial charge in [0, 0.05) is 6.07 Å². The standard InChI is InChI=1S/C9H11FN2O3/c1-5(13)9(11)7-4-6(10)2-3-8(7)12(14)15/h2-5,9,13H,11H2,1H3/t5-,9-/m0/s1. The van der Waals surface area contributed by atoms with E-state index in [2.05, 4.69) is 0 Å². The van der Waals surface area contributed by atoms with Crippen LogP contribution >= 0.6 is 0 Å². The number of hydrogen-bond acceptors (Lipinski definition) is 4. The highest BCUT2D eigenvalue weighted by Crippen LogP contribution is 2.26. The zero-order valence-electron chi connectivity index (χ0n) is 8.05. The second-order valence-corrected chi connectivity index (χ2v) is 3.23. The number of nitro benzene ring substituents is 1. The lowest BCUT2D eigenvalue weighted by Gasteiger charge is -2.14. The predicted molar refractivity (Wildman–Crippen MR) is 51.7 cm³/mol. The summed E-state index contributed by atoms with van der Waals surface area (Å²) in [5.41, 5.74) is 5.23. The first kappa shape index (κ1) is 11.5. The number of halogens is 1. The molecule has 0 amide bonds. The van der Waals surface area contributed by atoms with Crippen molar-refractivity contribution in [2.24, 2.45) is 5.73 Å². The summed E-state index contributed by atoms with van der Waals surface area (Å²) in [6.07, 6.45) is -0.981. The van der Waals surface area contributed by atoms with Crippen molar-refractivity contribution in [3.05, 3.63) is 39.7 Å². The van der Waals surface area contributed by atoms with Crippen molar-refractivity contribution in [2.45, 2.75) is 19.1 Å². The number of nitro groups is 1. The molecule has 0 unspecified atom stereocenters. The minimum atomic E-state index is -0.981. The van der Waals surface area contributed by atoms with Gasteiger partial charge in [0.15, 0.2) is 0 Å².